The summed E-state index contributed by atoms with van der Waals surface area (Å²) in [6.07, 6.45) is 5.04. The molecule has 1 aliphatic rings. The summed E-state index contributed by atoms with van der Waals surface area (Å²) >= 11 is 2.91. The van der Waals surface area contributed by atoms with Crippen molar-refractivity contribution >= 4 is 39.2 Å². The smallest absolute Gasteiger partial charge is 0.263 e. The maximum Gasteiger partial charge on any atom is 0.263 e. The van der Waals surface area contributed by atoms with Crippen molar-refractivity contribution in [1.29, 1.82) is 0 Å². The van der Waals surface area contributed by atoms with Gasteiger partial charge < -0.3 is 4.90 Å². The third-order valence-electron chi connectivity index (χ3n) is 4.86. The van der Waals surface area contributed by atoms with Crippen molar-refractivity contribution in [2.24, 2.45) is 0 Å². The van der Waals surface area contributed by atoms with Gasteiger partial charge in [0.1, 0.15) is 4.83 Å². The number of thiophene rings is 1. The number of rotatable bonds is 5. The molecule has 1 amide bonds. The van der Waals surface area contributed by atoms with Crippen molar-refractivity contribution in [2.45, 2.75) is 57.0 Å². The lowest BCUT2D eigenvalue weighted by atomic mass is 10.1. The van der Waals surface area contributed by atoms with Crippen molar-refractivity contribution in [3.63, 3.8) is 0 Å². The average Bonchev–Trinajstić information content (AvgIpc) is 2.92. The van der Waals surface area contributed by atoms with E-state index in [1.807, 2.05) is 25.7 Å². The summed E-state index contributed by atoms with van der Waals surface area (Å²) in [6, 6.07) is 0. The lowest BCUT2D eigenvalue weighted by molar-refractivity contribution is -0.131. The van der Waals surface area contributed by atoms with Gasteiger partial charge in [0.2, 0.25) is 5.91 Å². The number of aryl methyl sites for hydroxylation is 2. The van der Waals surface area contributed by atoms with E-state index in [0.29, 0.717) is 17.1 Å². The minimum atomic E-state index is -0.268. The number of nitrogens with zero attached hydrogens (tertiary/aromatic N) is 3. The third kappa shape index (κ3) is 3.60. The molecular formula is C19H25N3O2S2. The number of likely N-dealkylation sites (tertiary alicyclic amines) is 1. The molecule has 26 heavy (non-hydrogen) atoms. The van der Waals surface area contributed by atoms with Gasteiger partial charge in [0.15, 0.2) is 5.16 Å². The summed E-state index contributed by atoms with van der Waals surface area (Å²) in [4.78, 5) is 34.3. The van der Waals surface area contributed by atoms with Crippen LogP contribution >= 0.6 is 23.1 Å². The van der Waals surface area contributed by atoms with E-state index in [2.05, 4.69) is 6.58 Å². The molecule has 0 bridgehead atoms. The predicted molar refractivity (Wildman–Crippen MR) is 109 cm³/mol. The standard InChI is InChI=1S/C19H25N3O2S2/c1-5-9-22-18(24)15-12(2)13(3)25-16(15)20-19(22)26-14(4)17(23)21-10-7-6-8-11-21/h5,14H,1,6-11H2,2-4H3/t14-/m0/s1. The Kier molecular flexibility index (Phi) is 5.87. The van der Waals surface area contributed by atoms with Gasteiger partial charge in [-0.1, -0.05) is 17.8 Å². The number of allylic oxidation sites excluding steroid dienone is 1. The summed E-state index contributed by atoms with van der Waals surface area (Å²) in [5.74, 6) is 0.132. The molecular weight excluding hydrogens is 366 g/mol. The molecule has 0 aliphatic carbocycles. The number of thioether (sulfide) groups is 1. The highest BCUT2D eigenvalue weighted by molar-refractivity contribution is 8.00. The molecule has 0 aromatic carbocycles. The summed E-state index contributed by atoms with van der Waals surface area (Å²) in [5, 5.41) is 1.02. The third-order valence-corrected chi connectivity index (χ3v) is 7.04. The van der Waals surface area contributed by atoms with Crippen LogP contribution in [-0.4, -0.2) is 38.7 Å². The van der Waals surface area contributed by atoms with E-state index in [0.717, 1.165) is 41.2 Å². The lowest BCUT2D eigenvalue weighted by Crippen LogP contribution is -2.40. The summed E-state index contributed by atoms with van der Waals surface area (Å²) in [5.41, 5.74) is 0.950. The van der Waals surface area contributed by atoms with Crippen LogP contribution in [0.3, 0.4) is 0 Å². The number of carbonyl (C=O) groups excluding carboxylic acids is 1. The lowest BCUT2D eigenvalue weighted by Gasteiger charge is -2.29. The second-order valence-corrected chi connectivity index (χ2v) is 9.22. The minimum Gasteiger partial charge on any atom is -0.342 e. The zero-order valence-electron chi connectivity index (χ0n) is 15.6. The molecule has 0 saturated carbocycles. The first-order valence-electron chi connectivity index (χ1n) is 9.01. The van der Waals surface area contributed by atoms with Crippen molar-refractivity contribution in [3.8, 4) is 0 Å². The number of fused-ring (bicyclic) bond motifs is 1. The van der Waals surface area contributed by atoms with Gasteiger partial charge in [-0.05, 0) is 45.6 Å². The largest absolute Gasteiger partial charge is 0.342 e. The van der Waals surface area contributed by atoms with Gasteiger partial charge in [-0.2, -0.15) is 0 Å². The Morgan fingerprint density at radius 1 is 1.35 bits per heavy atom. The first kappa shape index (κ1) is 19.2. The molecule has 7 heteroatoms. The monoisotopic (exact) mass is 391 g/mol. The van der Waals surface area contributed by atoms with Gasteiger partial charge in [0.25, 0.3) is 5.56 Å². The fourth-order valence-electron chi connectivity index (χ4n) is 3.27. The fraction of sp³-hybridized carbons (Fsp3) is 0.526. The predicted octanol–water partition coefficient (Wildman–Crippen LogP) is 3.75. The highest BCUT2D eigenvalue weighted by atomic mass is 32.2. The summed E-state index contributed by atoms with van der Waals surface area (Å²) in [6.45, 7) is 11.7. The highest BCUT2D eigenvalue weighted by Crippen LogP contribution is 2.30. The Labute approximate surface area is 162 Å². The average molecular weight is 392 g/mol. The van der Waals surface area contributed by atoms with Crippen LogP contribution in [0.1, 0.15) is 36.6 Å². The number of piperidine rings is 1. The van der Waals surface area contributed by atoms with Crippen LogP contribution in [0.4, 0.5) is 0 Å². The van der Waals surface area contributed by atoms with Crippen LogP contribution < -0.4 is 5.56 Å². The van der Waals surface area contributed by atoms with E-state index < -0.39 is 0 Å². The summed E-state index contributed by atoms with van der Waals surface area (Å²) in [7, 11) is 0. The molecule has 0 unspecified atom stereocenters. The van der Waals surface area contributed by atoms with Crippen LogP contribution in [0.5, 0.6) is 0 Å². The molecule has 1 fully saturated rings. The fourth-order valence-corrected chi connectivity index (χ4v) is 5.34. The number of carbonyl (C=O) groups is 1. The van der Waals surface area contributed by atoms with E-state index in [1.54, 1.807) is 10.6 Å². The molecule has 1 atom stereocenters. The van der Waals surface area contributed by atoms with Gasteiger partial charge in [-0.15, -0.1) is 17.9 Å². The molecule has 0 spiro atoms. The Hall–Kier alpha value is -1.60. The van der Waals surface area contributed by atoms with E-state index in [-0.39, 0.29) is 16.7 Å². The quantitative estimate of drug-likeness (QED) is 0.442. The number of aromatic nitrogens is 2. The van der Waals surface area contributed by atoms with Crippen LogP contribution in [-0.2, 0) is 11.3 Å². The maximum atomic E-state index is 13.0. The Balaban J connectivity index is 1.95. The second kappa shape index (κ2) is 7.96. The van der Waals surface area contributed by atoms with Crippen molar-refractivity contribution in [1.82, 2.24) is 14.5 Å². The van der Waals surface area contributed by atoms with E-state index >= 15 is 0 Å². The Morgan fingerprint density at radius 3 is 2.69 bits per heavy atom. The first-order valence-corrected chi connectivity index (χ1v) is 10.7. The Morgan fingerprint density at radius 2 is 2.04 bits per heavy atom. The van der Waals surface area contributed by atoms with Crippen molar-refractivity contribution < 1.29 is 4.79 Å². The SMILES string of the molecule is C=CCn1c(S[C@@H](C)C(=O)N2CCCCC2)nc2sc(C)c(C)c2c1=O. The number of hydrogen-bond acceptors (Lipinski definition) is 5. The van der Waals surface area contributed by atoms with Crippen LogP contribution in [0, 0.1) is 13.8 Å². The second-order valence-electron chi connectivity index (χ2n) is 6.71. The van der Waals surface area contributed by atoms with Gasteiger partial charge in [0, 0.05) is 24.5 Å². The molecule has 2 aromatic rings. The van der Waals surface area contributed by atoms with E-state index in [4.69, 9.17) is 4.98 Å². The normalized spacial score (nSPS) is 16.0. The molecule has 3 heterocycles. The zero-order chi connectivity index (χ0) is 18.8. The maximum absolute atomic E-state index is 13.0. The van der Waals surface area contributed by atoms with E-state index in [1.165, 1.54) is 29.5 Å². The number of hydrogen-bond donors (Lipinski definition) is 0. The van der Waals surface area contributed by atoms with Gasteiger partial charge in [0.05, 0.1) is 10.6 Å². The molecule has 140 valence electrons. The van der Waals surface area contributed by atoms with Crippen LogP contribution in [0.25, 0.3) is 10.2 Å². The van der Waals surface area contributed by atoms with E-state index in [9.17, 15) is 9.59 Å². The molecule has 2 aromatic heterocycles. The first-order chi connectivity index (χ1) is 12.4. The van der Waals surface area contributed by atoms with Crippen molar-refractivity contribution in [2.75, 3.05) is 13.1 Å². The van der Waals surface area contributed by atoms with Gasteiger partial charge in [-0.3, -0.25) is 14.2 Å². The molecule has 0 N–H and O–H groups in total. The molecule has 5 nitrogen and oxygen atoms in total. The highest BCUT2D eigenvalue weighted by Gasteiger charge is 2.25. The molecule has 1 saturated heterocycles. The molecule has 3 rings (SSSR count). The molecule has 0 radical (unpaired) electrons. The number of amides is 1. The zero-order valence-corrected chi connectivity index (χ0v) is 17.2. The van der Waals surface area contributed by atoms with Gasteiger partial charge in [-0.25, -0.2) is 4.98 Å². The van der Waals surface area contributed by atoms with Gasteiger partial charge >= 0.3 is 0 Å². The topological polar surface area (TPSA) is 55.2 Å². The van der Waals surface area contributed by atoms with Crippen LogP contribution in [0.2, 0.25) is 0 Å². The molecule has 1 aliphatic heterocycles. The van der Waals surface area contributed by atoms with Crippen molar-refractivity contribution in [3.05, 3.63) is 33.4 Å². The minimum absolute atomic E-state index is 0.0446. The summed E-state index contributed by atoms with van der Waals surface area (Å²) < 4.78 is 1.64. The Bertz CT molecular complexity index is 894. The van der Waals surface area contributed by atoms with Crippen LogP contribution in [0.15, 0.2) is 22.6 Å².